The summed E-state index contributed by atoms with van der Waals surface area (Å²) in [4.78, 5) is 14.5. The predicted molar refractivity (Wildman–Crippen MR) is 92.7 cm³/mol. The number of carbonyl (C=O) groups is 1. The first kappa shape index (κ1) is 17.6. The molecule has 1 aromatic carbocycles. The molecule has 5 heteroatoms. The second kappa shape index (κ2) is 8.76. The van der Waals surface area contributed by atoms with E-state index >= 15 is 0 Å². The smallest absolute Gasteiger partial charge is 0.220 e. The summed E-state index contributed by atoms with van der Waals surface area (Å²) < 4.78 is 0. The number of piperidine rings is 1. The summed E-state index contributed by atoms with van der Waals surface area (Å²) in [7, 11) is 0. The van der Waals surface area contributed by atoms with Crippen LogP contribution in [-0.2, 0) is 11.2 Å². The summed E-state index contributed by atoms with van der Waals surface area (Å²) >= 11 is 12.0. The number of likely N-dealkylation sites (tertiary alicyclic amines) is 1. The molecule has 0 bridgehead atoms. The number of nitrogens with one attached hydrogen (secondary N) is 1. The molecule has 0 saturated carbocycles. The molecular formula is C17H24Cl2N2O. The van der Waals surface area contributed by atoms with Crippen LogP contribution in [0.5, 0.6) is 0 Å². The van der Waals surface area contributed by atoms with Crippen LogP contribution in [0.4, 0.5) is 0 Å². The molecule has 1 saturated heterocycles. The molecule has 1 amide bonds. The fourth-order valence-electron chi connectivity index (χ4n) is 2.89. The van der Waals surface area contributed by atoms with E-state index in [0.29, 0.717) is 28.9 Å². The van der Waals surface area contributed by atoms with E-state index in [9.17, 15) is 4.79 Å². The Balaban J connectivity index is 1.72. The molecule has 0 unspecified atom stereocenters. The van der Waals surface area contributed by atoms with Crippen molar-refractivity contribution in [3.8, 4) is 0 Å². The van der Waals surface area contributed by atoms with Gasteiger partial charge in [0.25, 0.3) is 0 Å². The highest BCUT2D eigenvalue weighted by molar-refractivity contribution is 6.35. The summed E-state index contributed by atoms with van der Waals surface area (Å²) in [6.07, 6.45) is 4.41. The van der Waals surface area contributed by atoms with Crippen molar-refractivity contribution in [3.05, 3.63) is 33.8 Å². The number of benzene rings is 1. The van der Waals surface area contributed by atoms with Crippen LogP contribution in [0.3, 0.4) is 0 Å². The second-order valence-electron chi connectivity index (χ2n) is 5.92. The quantitative estimate of drug-likeness (QED) is 0.849. The van der Waals surface area contributed by atoms with E-state index in [2.05, 4.69) is 17.1 Å². The van der Waals surface area contributed by atoms with Crippen molar-refractivity contribution in [2.75, 3.05) is 19.6 Å². The van der Waals surface area contributed by atoms with Gasteiger partial charge in [0, 0.05) is 35.6 Å². The molecule has 1 aliphatic heterocycles. The average molecular weight is 343 g/mol. The molecule has 1 heterocycles. The predicted octanol–water partition coefficient (Wildman–Crippen LogP) is 3.92. The SMILES string of the molecule is CCCN1CCC(NC(=O)CCc2ccc(Cl)cc2Cl)CC1. The number of hydrogen-bond acceptors (Lipinski definition) is 2. The maximum Gasteiger partial charge on any atom is 0.220 e. The van der Waals surface area contributed by atoms with Crippen LogP contribution >= 0.6 is 23.2 Å². The van der Waals surface area contributed by atoms with Gasteiger partial charge in [-0.25, -0.2) is 0 Å². The van der Waals surface area contributed by atoms with Gasteiger partial charge in [-0.2, -0.15) is 0 Å². The van der Waals surface area contributed by atoms with Crippen molar-refractivity contribution >= 4 is 29.1 Å². The summed E-state index contributed by atoms with van der Waals surface area (Å²) in [5, 5.41) is 4.40. The molecule has 1 aliphatic rings. The molecule has 22 heavy (non-hydrogen) atoms. The Kier molecular flexibility index (Phi) is 7.00. The standard InChI is InChI=1S/C17H24Cl2N2O/c1-2-9-21-10-7-15(8-11-21)20-17(22)6-4-13-3-5-14(18)12-16(13)19/h3,5,12,15H,2,4,6-11H2,1H3,(H,20,22). The highest BCUT2D eigenvalue weighted by Crippen LogP contribution is 2.22. The molecule has 0 spiro atoms. The Morgan fingerprint density at radius 3 is 2.68 bits per heavy atom. The third kappa shape index (κ3) is 5.45. The number of nitrogens with zero attached hydrogens (tertiary/aromatic N) is 1. The minimum absolute atomic E-state index is 0.111. The molecule has 1 N–H and O–H groups in total. The van der Waals surface area contributed by atoms with Gasteiger partial charge in [-0.15, -0.1) is 0 Å². The maximum absolute atomic E-state index is 12.1. The normalized spacial score (nSPS) is 16.7. The van der Waals surface area contributed by atoms with Crippen LogP contribution in [0, 0.1) is 0 Å². The highest BCUT2D eigenvalue weighted by Gasteiger charge is 2.19. The lowest BCUT2D eigenvalue weighted by atomic mass is 10.0. The third-order valence-electron chi connectivity index (χ3n) is 4.13. The summed E-state index contributed by atoms with van der Waals surface area (Å²) in [5.74, 6) is 0.111. The van der Waals surface area contributed by atoms with Crippen LogP contribution in [-0.4, -0.2) is 36.5 Å². The molecule has 122 valence electrons. The average Bonchev–Trinajstić information content (AvgIpc) is 2.49. The van der Waals surface area contributed by atoms with E-state index in [1.54, 1.807) is 6.07 Å². The lowest BCUT2D eigenvalue weighted by molar-refractivity contribution is -0.122. The van der Waals surface area contributed by atoms with E-state index in [1.165, 1.54) is 6.42 Å². The number of halogens is 2. The zero-order chi connectivity index (χ0) is 15.9. The van der Waals surface area contributed by atoms with Gasteiger partial charge in [-0.05, 0) is 49.9 Å². The van der Waals surface area contributed by atoms with E-state index in [-0.39, 0.29) is 5.91 Å². The largest absolute Gasteiger partial charge is 0.353 e. The Morgan fingerprint density at radius 2 is 2.05 bits per heavy atom. The zero-order valence-electron chi connectivity index (χ0n) is 13.1. The number of aryl methyl sites for hydroxylation is 1. The topological polar surface area (TPSA) is 32.3 Å². The van der Waals surface area contributed by atoms with Crippen LogP contribution < -0.4 is 5.32 Å². The first-order valence-corrected chi connectivity index (χ1v) is 8.79. The summed E-state index contributed by atoms with van der Waals surface area (Å²) in [6, 6.07) is 5.74. The summed E-state index contributed by atoms with van der Waals surface area (Å²) in [5.41, 5.74) is 0.971. The first-order valence-electron chi connectivity index (χ1n) is 8.04. The van der Waals surface area contributed by atoms with Gasteiger partial charge in [0.1, 0.15) is 0 Å². The van der Waals surface area contributed by atoms with Crippen LogP contribution in [0.2, 0.25) is 10.0 Å². The number of rotatable bonds is 6. The lowest BCUT2D eigenvalue weighted by Gasteiger charge is -2.32. The molecule has 0 atom stereocenters. The van der Waals surface area contributed by atoms with E-state index in [1.807, 2.05) is 12.1 Å². The second-order valence-corrected chi connectivity index (χ2v) is 6.76. The van der Waals surface area contributed by atoms with Crippen molar-refractivity contribution in [2.45, 2.75) is 45.1 Å². The van der Waals surface area contributed by atoms with Crippen molar-refractivity contribution in [3.63, 3.8) is 0 Å². The van der Waals surface area contributed by atoms with Crippen LogP contribution in [0.25, 0.3) is 0 Å². The Bertz CT molecular complexity index is 499. The van der Waals surface area contributed by atoms with Gasteiger partial charge < -0.3 is 10.2 Å². The molecule has 1 fully saturated rings. The third-order valence-corrected chi connectivity index (χ3v) is 4.72. The Hall–Kier alpha value is -0.770. The molecule has 0 aromatic heterocycles. The monoisotopic (exact) mass is 342 g/mol. The van der Waals surface area contributed by atoms with E-state index < -0.39 is 0 Å². The van der Waals surface area contributed by atoms with Crippen molar-refractivity contribution < 1.29 is 4.79 Å². The highest BCUT2D eigenvalue weighted by atomic mass is 35.5. The van der Waals surface area contributed by atoms with Gasteiger partial charge in [0.15, 0.2) is 0 Å². The number of hydrogen-bond donors (Lipinski definition) is 1. The molecule has 1 aromatic rings. The van der Waals surface area contributed by atoms with Gasteiger partial charge in [0.2, 0.25) is 5.91 Å². The molecule has 0 radical (unpaired) electrons. The van der Waals surface area contributed by atoms with E-state index in [0.717, 1.165) is 38.0 Å². The van der Waals surface area contributed by atoms with Gasteiger partial charge in [-0.3, -0.25) is 4.79 Å². The maximum atomic E-state index is 12.1. The van der Waals surface area contributed by atoms with Crippen molar-refractivity contribution in [1.29, 1.82) is 0 Å². The number of amides is 1. The zero-order valence-corrected chi connectivity index (χ0v) is 14.6. The number of carbonyl (C=O) groups excluding carboxylic acids is 1. The van der Waals surface area contributed by atoms with Gasteiger partial charge in [0.05, 0.1) is 0 Å². The minimum Gasteiger partial charge on any atom is -0.353 e. The fraction of sp³-hybridized carbons (Fsp3) is 0.588. The molecular weight excluding hydrogens is 319 g/mol. The van der Waals surface area contributed by atoms with E-state index in [4.69, 9.17) is 23.2 Å². The first-order chi connectivity index (χ1) is 10.6. The van der Waals surface area contributed by atoms with Crippen molar-refractivity contribution in [2.24, 2.45) is 0 Å². The Morgan fingerprint density at radius 1 is 1.32 bits per heavy atom. The van der Waals surface area contributed by atoms with Crippen LogP contribution in [0.15, 0.2) is 18.2 Å². The van der Waals surface area contributed by atoms with Crippen LogP contribution in [0.1, 0.15) is 38.2 Å². The Labute approximate surface area is 143 Å². The fourth-order valence-corrected chi connectivity index (χ4v) is 3.39. The van der Waals surface area contributed by atoms with Crippen molar-refractivity contribution in [1.82, 2.24) is 10.2 Å². The molecule has 0 aliphatic carbocycles. The molecule has 2 rings (SSSR count). The molecule has 3 nitrogen and oxygen atoms in total. The summed E-state index contributed by atoms with van der Waals surface area (Å²) in [6.45, 7) is 5.54. The van der Waals surface area contributed by atoms with Gasteiger partial charge in [-0.1, -0.05) is 36.2 Å². The minimum atomic E-state index is 0.111. The lowest BCUT2D eigenvalue weighted by Crippen LogP contribution is -2.44. The van der Waals surface area contributed by atoms with Gasteiger partial charge >= 0.3 is 0 Å².